The zero-order valence-electron chi connectivity index (χ0n) is 10.3. The van der Waals surface area contributed by atoms with Crippen LogP contribution in [0.15, 0.2) is 21.6 Å². The zero-order valence-corrected chi connectivity index (χ0v) is 11.1. The van der Waals surface area contributed by atoms with Gasteiger partial charge in [0.1, 0.15) is 5.75 Å². The quantitative estimate of drug-likeness (QED) is 0.895. The Bertz CT molecular complexity index is 504. The van der Waals surface area contributed by atoms with Crippen molar-refractivity contribution in [3.63, 3.8) is 0 Å². The summed E-state index contributed by atoms with van der Waals surface area (Å²) >= 11 is 0. The minimum atomic E-state index is -1.63. The number of piperidine rings is 1. The number of amides is 1. The van der Waals surface area contributed by atoms with E-state index in [1.807, 2.05) is 0 Å². The third-order valence-corrected chi connectivity index (χ3v) is 4.16. The van der Waals surface area contributed by atoms with Crippen LogP contribution in [0.1, 0.15) is 29.8 Å². The molecule has 1 aromatic rings. The van der Waals surface area contributed by atoms with Gasteiger partial charge >= 0.3 is 5.97 Å². The number of aromatic carboxylic acids is 1. The van der Waals surface area contributed by atoms with Gasteiger partial charge in [-0.2, -0.15) is 0 Å². The Hall–Kier alpha value is -1.63. The zero-order chi connectivity index (χ0) is 13.8. The molecule has 1 aliphatic heterocycles. The standard InChI is InChI=1S/C12H15NO5S/c14-10(13-6-2-1-3-7-13)8-19(17)11-5-4-9(18-11)12(15)16/h4-5H,1-3,6-8H2,(H,15,16). The van der Waals surface area contributed by atoms with Crippen molar-refractivity contribution in [2.24, 2.45) is 0 Å². The topological polar surface area (TPSA) is 87.8 Å². The number of carboxylic acids is 1. The van der Waals surface area contributed by atoms with Crippen LogP contribution in [0.2, 0.25) is 0 Å². The fourth-order valence-electron chi connectivity index (χ4n) is 1.98. The van der Waals surface area contributed by atoms with Gasteiger partial charge in [-0.05, 0) is 31.4 Å². The first-order valence-corrected chi connectivity index (χ1v) is 7.39. The van der Waals surface area contributed by atoms with Crippen molar-refractivity contribution in [3.05, 3.63) is 17.9 Å². The monoisotopic (exact) mass is 285 g/mol. The maximum Gasteiger partial charge on any atom is 0.371 e. The summed E-state index contributed by atoms with van der Waals surface area (Å²) < 4.78 is 16.8. The third-order valence-electron chi connectivity index (χ3n) is 2.98. The molecule has 1 unspecified atom stereocenters. The molecule has 1 fully saturated rings. The van der Waals surface area contributed by atoms with Crippen molar-refractivity contribution in [3.8, 4) is 0 Å². The summed E-state index contributed by atoms with van der Waals surface area (Å²) in [6.45, 7) is 1.41. The van der Waals surface area contributed by atoms with Gasteiger partial charge in [0.15, 0.2) is 5.09 Å². The molecule has 0 bridgehead atoms. The highest BCUT2D eigenvalue weighted by atomic mass is 32.2. The molecule has 1 aliphatic rings. The van der Waals surface area contributed by atoms with Gasteiger partial charge in [-0.15, -0.1) is 0 Å². The predicted octanol–water partition coefficient (Wildman–Crippen LogP) is 1.10. The Balaban J connectivity index is 1.95. The van der Waals surface area contributed by atoms with Crippen molar-refractivity contribution >= 4 is 22.7 Å². The van der Waals surface area contributed by atoms with Crippen molar-refractivity contribution in [1.29, 1.82) is 0 Å². The molecule has 0 spiro atoms. The lowest BCUT2D eigenvalue weighted by atomic mass is 10.1. The van der Waals surface area contributed by atoms with Gasteiger partial charge in [-0.25, -0.2) is 4.79 Å². The highest BCUT2D eigenvalue weighted by Gasteiger charge is 2.21. The molecule has 1 aromatic heterocycles. The number of nitrogens with zero attached hydrogens (tertiary/aromatic N) is 1. The average Bonchev–Trinajstić information content (AvgIpc) is 2.89. The molecule has 0 aliphatic carbocycles. The maximum atomic E-state index is 11.9. The number of hydrogen-bond acceptors (Lipinski definition) is 4. The van der Waals surface area contributed by atoms with E-state index in [-0.39, 0.29) is 22.5 Å². The van der Waals surface area contributed by atoms with Gasteiger partial charge in [0.2, 0.25) is 11.7 Å². The lowest BCUT2D eigenvalue weighted by Gasteiger charge is -2.26. The first-order valence-electron chi connectivity index (χ1n) is 6.07. The summed E-state index contributed by atoms with van der Waals surface area (Å²) in [6, 6.07) is 2.57. The van der Waals surface area contributed by atoms with E-state index >= 15 is 0 Å². The van der Waals surface area contributed by atoms with E-state index in [9.17, 15) is 13.8 Å². The SMILES string of the molecule is O=C(O)c1ccc(S(=O)CC(=O)N2CCCCC2)o1. The molecule has 2 rings (SSSR count). The second kappa shape index (κ2) is 6.01. The number of carboxylic acid groups (broad SMARTS) is 1. The summed E-state index contributed by atoms with van der Waals surface area (Å²) in [5.41, 5.74) is 0. The second-order valence-electron chi connectivity index (χ2n) is 4.36. The fourth-order valence-corrected chi connectivity index (χ4v) is 2.93. The molecular formula is C12H15NO5S. The third kappa shape index (κ3) is 3.44. The highest BCUT2D eigenvalue weighted by Crippen LogP contribution is 2.14. The van der Waals surface area contributed by atoms with Crippen molar-refractivity contribution in [1.82, 2.24) is 4.90 Å². The summed E-state index contributed by atoms with van der Waals surface area (Å²) in [7, 11) is -1.63. The second-order valence-corrected chi connectivity index (χ2v) is 5.74. The van der Waals surface area contributed by atoms with E-state index in [4.69, 9.17) is 9.52 Å². The molecule has 0 saturated carbocycles. The Morgan fingerprint density at radius 2 is 1.95 bits per heavy atom. The Morgan fingerprint density at radius 1 is 1.26 bits per heavy atom. The normalized spacial score (nSPS) is 17.2. The van der Waals surface area contributed by atoms with E-state index in [2.05, 4.69) is 0 Å². The highest BCUT2D eigenvalue weighted by molar-refractivity contribution is 7.85. The number of rotatable bonds is 4. The van der Waals surface area contributed by atoms with Crippen LogP contribution in [-0.4, -0.2) is 44.9 Å². The number of likely N-dealkylation sites (tertiary alicyclic amines) is 1. The van der Waals surface area contributed by atoms with Crippen molar-refractivity contribution < 1.29 is 23.3 Å². The summed E-state index contributed by atoms with van der Waals surface area (Å²) in [4.78, 5) is 24.2. The molecule has 1 amide bonds. The summed E-state index contributed by atoms with van der Waals surface area (Å²) in [5.74, 6) is -1.82. The van der Waals surface area contributed by atoms with Crippen molar-refractivity contribution in [2.75, 3.05) is 18.8 Å². The van der Waals surface area contributed by atoms with E-state index in [0.29, 0.717) is 13.1 Å². The van der Waals surface area contributed by atoms with Crippen LogP contribution >= 0.6 is 0 Å². The Morgan fingerprint density at radius 3 is 2.53 bits per heavy atom. The van der Waals surface area contributed by atoms with Crippen LogP contribution in [0.3, 0.4) is 0 Å². The van der Waals surface area contributed by atoms with Crippen LogP contribution in [0.5, 0.6) is 0 Å². The van der Waals surface area contributed by atoms with Gasteiger partial charge in [0.05, 0.1) is 10.8 Å². The minimum Gasteiger partial charge on any atom is -0.475 e. The van der Waals surface area contributed by atoms with Gasteiger partial charge in [0, 0.05) is 13.1 Å². The van der Waals surface area contributed by atoms with E-state index in [1.54, 1.807) is 4.90 Å². The smallest absolute Gasteiger partial charge is 0.371 e. The number of carbonyl (C=O) groups is 2. The molecule has 1 saturated heterocycles. The molecule has 0 radical (unpaired) electrons. The van der Waals surface area contributed by atoms with Gasteiger partial charge < -0.3 is 14.4 Å². The molecule has 2 heterocycles. The number of hydrogen-bond donors (Lipinski definition) is 1. The molecule has 7 heteroatoms. The Labute approximate surface area is 112 Å². The maximum absolute atomic E-state index is 11.9. The predicted molar refractivity (Wildman–Crippen MR) is 67.4 cm³/mol. The number of carbonyl (C=O) groups excluding carboxylic acids is 1. The molecule has 6 nitrogen and oxygen atoms in total. The van der Waals surface area contributed by atoms with Crippen LogP contribution in [0.4, 0.5) is 0 Å². The van der Waals surface area contributed by atoms with Crippen LogP contribution in [-0.2, 0) is 15.6 Å². The first-order chi connectivity index (χ1) is 9.08. The van der Waals surface area contributed by atoms with E-state index in [0.717, 1.165) is 19.3 Å². The first kappa shape index (κ1) is 13.8. The number of furan rings is 1. The van der Waals surface area contributed by atoms with Gasteiger partial charge in [-0.3, -0.25) is 9.00 Å². The molecular weight excluding hydrogens is 270 g/mol. The summed E-state index contributed by atoms with van der Waals surface area (Å²) in [6.07, 6.45) is 3.07. The van der Waals surface area contributed by atoms with Crippen LogP contribution in [0.25, 0.3) is 0 Å². The van der Waals surface area contributed by atoms with Gasteiger partial charge in [-0.1, -0.05) is 0 Å². The molecule has 104 valence electrons. The van der Waals surface area contributed by atoms with Crippen LogP contribution < -0.4 is 0 Å². The molecule has 19 heavy (non-hydrogen) atoms. The van der Waals surface area contributed by atoms with E-state index in [1.165, 1.54) is 12.1 Å². The fraction of sp³-hybridized carbons (Fsp3) is 0.500. The molecule has 1 atom stereocenters. The molecule has 0 aromatic carbocycles. The summed E-state index contributed by atoms with van der Waals surface area (Å²) in [5, 5.41) is 8.73. The lowest BCUT2D eigenvalue weighted by Crippen LogP contribution is -2.38. The van der Waals surface area contributed by atoms with Crippen LogP contribution in [0, 0.1) is 0 Å². The largest absolute Gasteiger partial charge is 0.475 e. The minimum absolute atomic E-state index is 0.0303. The lowest BCUT2D eigenvalue weighted by molar-refractivity contribution is -0.129. The Kier molecular flexibility index (Phi) is 4.36. The van der Waals surface area contributed by atoms with E-state index < -0.39 is 16.8 Å². The average molecular weight is 285 g/mol. The molecule has 1 N–H and O–H groups in total. The van der Waals surface area contributed by atoms with Gasteiger partial charge in [0.25, 0.3) is 0 Å². The van der Waals surface area contributed by atoms with Crippen molar-refractivity contribution in [2.45, 2.75) is 24.4 Å².